The second-order valence-corrected chi connectivity index (χ2v) is 6.19. The van der Waals surface area contributed by atoms with Crippen LogP contribution in [0.3, 0.4) is 0 Å². The van der Waals surface area contributed by atoms with Gasteiger partial charge in [0.15, 0.2) is 0 Å². The van der Waals surface area contributed by atoms with Gasteiger partial charge in [0.05, 0.1) is 13.1 Å². The Balaban J connectivity index is 0.00000338. The number of halogens is 1. The molecule has 0 unspecified atom stereocenters. The molecule has 2 aromatic rings. The fourth-order valence-electron chi connectivity index (χ4n) is 2.45. The van der Waals surface area contributed by atoms with Gasteiger partial charge in [-0.3, -0.25) is 14.9 Å². The van der Waals surface area contributed by atoms with Crippen molar-refractivity contribution in [2.24, 2.45) is 0 Å². The molecule has 0 aliphatic carbocycles. The molecule has 0 aliphatic heterocycles. The van der Waals surface area contributed by atoms with Crippen LogP contribution >= 0.6 is 12.4 Å². The fraction of sp³-hybridized carbons (Fsp3) is 0.300. The van der Waals surface area contributed by atoms with Crippen LogP contribution in [0, 0.1) is 27.7 Å². The molecule has 0 aromatic heterocycles. The van der Waals surface area contributed by atoms with Crippen molar-refractivity contribution in [3.8, 4) is 0 Å². The van der Waals surface area contributed by atoms with Crippen molar-refractivity contribution in [2.45, 2.75) is 27.7 Å². The highest BCUT2D eigenvalue weighted by Crippen LogP contribution is 2.18. The Morgan fingerprint density at radius 2 is 1.12 bits per heavy atom. The summed E-state index contributed by atoms with van der Waals surface area (Å²) in [5.41, 5.74) is 5.93. The van der Waals surface area contributed by atoms with Crippen molar-refractivity contribution in [3.05, 3.63) is 58.7 Å². The first-order valence-corrected chi connectivity index (χ1v) is 8.31. The maximum Gasteiger partial charge on any atom is 0.238 e. The molecule has 6 heteroatoms. The standard InChI is InChI=1S/C20H25N3O2.ClH/c1-13-7-5-9-17(15(13)3)22-19(24)11-21-12-20(25)23-18-10-6-8-14(2)16(18)4;/h5-10,21H,11-12H2,1-4H3,(H,22,24)(H,23,25);1H. The van der Waals surface area contributed by atoms with Gasteiger partial charge in [-0.1, -0.05) is 24.3 Å². The highest BCUT2D eigenvalue weighted by atomic mass is 35.5. The van der Waals surface area contributed by atoms with Gasteiger partial charge in [0.25, 0.3) is 0 Å². The highest BCUT2D eigenvalue weighted by molar-refractivity contribution is 5.95. The van der Waals surface area contributed by atoms with Crippen LogP contribution in [0.2, 0.25) is 0 Å². The van der Waals surface area contributed by atoms with E-state index in [1.807, 2.05) is 64.1 Å². The Hall–Kier alpha value is -2.37. The van der Waals surface area contributed by atoms with Crippen molar-refractivity contribution >= 4 is 35.6 Å². The van der Waals surface area contributed by atoms with E-state index < -0.39 is 0 Å². The number of nitrogens with one attached hydrogen (secondary N) is 3. The summed E-state index contributed by atoms with van der Waals surface area (Å²) < 4.78 is 0. The Bertz CT molecular complexity index is 725. The number of aryl methyl sites for hydroxylation is 2. The van der Waals surface area contributed by atoms with E-state index in [1.165, 1.54) is 0 Å². The molecule has 0 spiro atoms. The molecule has 5 nitrogen and oxygen atoms in total. The number of hydrogen-bond donors (Lipinski definition) is 3. The molecule has 3 N–H and O–H groups in total. The predicted molar refractivity (Wildman–Crippen MR) is 109 cm³/mol. The molecule has 140 valence electrons. The zero-order chi connectivity index (χ0) is 18.4. The maximum atomic E-state index is 12.0. The van der Waals surface area contributed by atoms with Crippen LogP contribution in [-0.4, -0.2) is 24.9 Å². The molecule has 0 aliphatic rings. The molecule has 2 rings (SSSR count). The Labute approximate surface area is 161 Å². The monoisotopic (exact) mass is 375 g/mol. The van der Waals surface area contributed by atoms with Crippen LogP contribution in [0.1, 0.15) is 22.3 Å². The number of amides is 2. The van der Waals surface area contributed by atoms with E-state index >= 15 is 0 Å². The third kappa shape index (κ3) is 5.86. The summed E-state index contributed by atoms with van der Waals surface area (Å²) in [6.07, 6.45) is 0. The van der Waals surface area contributed by atoms with Gasteiger partial charge in [0.1, 0.15) is 0 Å². The normalized spacial score (nSPS) is 10.0. The molecule has 0 bridgehead atoms. The molecule has 0 saturated carbocycles. The number of carbonyl (C=O) groups is 2. The number of hydrogen-bond acceptors (Lipinski definition) is 3. The lowest BCUT2D eigenvalue weighted by Gasteiger charge is -2.12. The van der Waals surface area contributed by atoms with Crippen molar-refractivity contribution in [2.75, 3.05) is 23.7 Å². The number of rotatable bonds is 6. The van der Waals surface area contributed by atoms with Crippen LogP contribution < -0.4 is 16.0 Å². The first-order chi connectivity index (χ1) is 11.9. The molecule has 0 radical (unpaired) electrons. The lowest BCUT2D eigenvalue weighted by atomic mass is 10.1. The number of carbonyl (C=O) groups excluding carboxylic acids is 2. The molecule has 0 fully saturated rings. The van der Waals surface area contributed by atoms with Crippen molar-refractivity contribution < 1.29 is 9.59 Å². The van der Waals surface area contributed by atoms with Crippen LogP contribution in [0.5, 0.6) is 0 Å². The molecule has 26 heavy (non-hydrogen) atoms. The van der Waals surface area contributed by atoms with E-state index in [9.17, 15) is 9.59 Å². The van der Waals surface area contributed by atoms with Crippen LogP contribution in [0.25, 0.3) is 0 Å². The summed E-state index contributed by atoms with van der Waals surface area (Å²) in [5, 5.41) is 8.59. The van der Waals surface area contributed by atoms with Gasteiger partial charge in [-0.2, -0.15) is 0 Å². The van der Waals surface area contributed by atoms with Gasteiger partial charge >= 0.3 is 0 Å². The minimum Gasteiger partial charge on any atom is -0.325 e. The average molecular weight is 376 g/mol. The van der Waals surface area contributed by atoms with E-state index in [1.54, 1.807) is 0 Å². The minimum absolute atomic E-state index is 0. The second-order valence-electron chi connectivity index (χ2n) is 6.19. The van der Waals surface area contributed by atoms with Gasteiger partial charge in [0, 0.05) is 11.4 Å². The summed E-state index contributed by atoms with van der Waals surface area (Å²) in [6.45, 7) is 8.09. The van der Waals surface area contributed by atoms with E-state index in [4.69, 9.17) is 0 Å². The topological polar surface area (TPSA) is 70.2 Å². The van der Waals surface area contributed by atoms with Crippen molar-refractivity contribution in [1.29, 1.82) is 0 Å². The minimum atomic E-state index is -0.173. The third-order valence-corrected chi connectivity index (χ3v) is 4.33. The summed E-state index contributed by atoms with van der Waals surface area (Å²) in [4.78, 5) is 24.0. The highest BCUT2D eigenvalue weighted by Gasteiger charge is 2.08. The van der Waals surface area contributed by atoms with Gasteiger partial charge < -0.3 is 10.6 Å². The van der Waals surface area contributed by atoms with Gasteiger partial charge in [0.2, 0.25) is 11.8 Å². The molecule has 0 heterocycles. The summed E-state index contributed by atoms with van der Waals surface area (Å²) in [6, 6.07) is 11.6. The van der Waals surface area contributed by atoms with E-state index in [2.05, 4.69) is 16.0 Å². The molecular weight excluding hydrogens is 350 g/mol. The van der Waals surface area contributed by atoms with Crippen molar-refractivity contribution in [1.82, 2.24) is 5.32 Å². The quantitative estimate of drug-likeness (QED) is 0.723. The lowest BCUT2D eigenvalue weighted by Crippen LogP contribution is -2.34. The average Bonchev–Trinajstić information content (AvgIpc) is 2.56. The first kappa shape index (κ1) is 21.7. The Morgan fingerprint density at radius 3 is 1.50 bits per heavy atom. The second kappa shape index (κ2) is 9.94. The van der Waals surface area contributed by atoms with Crippen LogP contribution in [0.15, 0.2) is 36.4 Å². The van der Waals surface area contributed by atoms with Crippen LogP contribution in [0.4, 0.5) is 11.4 Å². The smallest absolute Gasteiger partial charge is 0.238 e. The van der Waals surface area contributed by atoms with Crippen molar-refractivity contribution in [3.63, 3.8) is 0 Å². The van der Waals surface area contributed by atoms with Gasteiger partial charge in [-0.15, -0.1) is 12.4 Å². The number of anilines is 2. The molecular formula is C20H26ClN3O2. The van der Waals surface area contributed by atoms with E-state index in [0.29, 0.717) is 0 Å². The summed E-state index contributed by atoms with van der Waals surface area (Å²) >= 11 is 0. The molecule has 2 aromatic carbocycles. The molecule has 2 amide bonds. The zero-order valence-corrected chi connectivity index (χ0v) is 16.4. The largest absolute Gasteiger partial charge is 0.325 e. The maximum absolute atomic E-state index is 12.0. The van der Waals surface area contributed by atoms with E-state index in [-0.39, 0.29) is 37.3 Å². The lowest BCUT2D eigenvalue weighted by molar-refractivity contribution is -0.116. The molecule has 0 saturated heterocycles. The Morgan fingerprint density at radius 1 is 0.731 bits per heavy atom. The zero-order valence-electron chi connectivity index (χ0n) is 15.6. The third-order valence-electron chi connectivity index (χ3n) is 4.33. The summed E-state index contributed by atoms with van der Waals surface area (Å²) in [7, 11) is 0. The predicted octanol–water partition coefficient (Wildman–Crippen LogP) is 3.51. The van der Waals surface area contributed by atoms with Gasteiger partial charge in [-0.25, -0.2) is 0 Å². The van der Waals surface area contributed by atoms with E-state index in [0.717, 1.165) is 33.6 Å². The fourth-order valence-corrected chi connectivity index (χ4v) is 2.45. The number of benzene rings is 2. The Kier molecular flexibility index (Phi) is 8.29. The SMILES string of the molecule is Cc1cccc(NC(=O)CNCC(=O)Nc2cccc(C)c2C)c1C.Cl. The molecule has 0 atom stereocenters. The van der Waals surface area contributed by atoms with Gasteiger partial charge in [-0.05, 0) is 62.1 Å². The van der Waals surface area contributed by atoms with Crippen LogP contribution in [-0.2, 0) is 9.59 Å². The first-order valence-electron chi connectivity index (χ1n) is 8.31. The summed E-state index contributed by atoms with van der Waals surface area (Å²) in [5.74, 6) is -0.346.